The summed E-state index contributed by atoms with van der Waals surface area (Å²) in [5.41, 5.74) is 3.22. The van der Waals surface area contributed by atoms with E-state index >= 15 is 0 Å². The number of hydrogen-bond acceptors (Lipinski definition) is 5. The average Bonchev–Trinajstić information content (AvgIpc) is 2.74. The minimum Gasteiger partial charge on any atom is -0.376 e. The number of carbonyl (C=O) groups is 1. The van der Waals surface area contributed by atoms with Crippen molar-refractivity contribution in [1.29, 1.82) is 0 Å². The Morgan fingerprint density at radius 2 is 1.81 bits per heavy atom. The number of hydrogen-bond donors (Lipinski definition) is 2. The first kappa shape index (κ1) is 23.0. The number of rotatable bonds is 6. The van der Waals surface area contributed by atoms with Crippen molar-refractivity contribution in [1.82, 2.24) is 5.32 Å². The van der Waals surface area contributed by atoms with Crippen LogP contribution in [0.15, 0.2) is 51.8 Å². The third-order valence-electron chi connectivity index (χ3n) is 5.58. The standard InChI is InChI=1S/C23H30N4O3S/c1-16-7-5-6-8-20(16)23(28)25-21-10-9-19(15-22(21)27(3)4)31(29,30)26-17(2)18-11-13-24-14-12-18/h5-10,15,18,24H,11-14H2,1-4H3,(H,25,28). The van der Waals surface area contributed by atoms with E-state index in [2.05, 4.69) is 15.0 Å². The van der Waals surface area contributed by atoms with Gasteiger partial charge in [-0.3, -0.25) is 4.79 Å². The Morgan fingerprint density at radius 1 is 1.13 bits per heavy atom. The maximum Gasteiger partial charge on any atom is 0.282 e. The fourth-order valence-electron chi connectivity index (χ4n) is 3.72. The van der Waals surface area contributed by atoms with Crippen molar-refractivity contribution in [3.05, 3.63) is 53.6 Å². The molecule has 2 aromatic carbocycles. The van der Waals surface area contributed by atoms with Crippen molar-refractivity contribution >= 4 is 33.0 Å². The van der Waals surface area contributed by atoms with E-state index in [9.17, 15) is 13.2 Å². The normalized spacial score (nSPS) is 15.5. The fourth-order valence-corrected chi connectivity index (χ4v) is 4.86. The van der Waals surface area contributed by atoms with Crippen LogP contribution in [-0.2, 0) is 10.0 Å². The van der Waals surface area contributed by atoms with Crippen LogP contribution in [-0.4, -0.2) is 47.2 Å². The number of carbonyl (C=O) groups excluding carboxylic acids is 1. The molecule has 166 valence electrons. The SMILES string of the molecule is CC(=NS(=O)(=O)c1ccc(NC(=O)c2ccccc2C)c(N(C)C)c1)C1CCNCC1. The summed E-state index contributed by atoms with van der Waals surface area (Å²) in [6.07, 6.45) is 1.77. The Hall–Kier alpha value is -2.71. The molecule has 3 rings (SSSR count). The highest BCUT2D eigenvalue weighted by Gasteiger charge is 2.22. The summed E-state index contributed by atoms with van der Waals surface area (Å²) < 4.78 is 30.0. The molecule has 0 saturated carbocycles. The summed E-state index contributed by atoms with van der Waals surface area (Å²) >= 11 is 0. The highest BCUT2D eigenvalue weighted by molar-refractivity contribution is 7.90. The van der Waals surface area contributed by atoms with Gasteiger partial charge in [-0.25, -0.2) is 0 Å². The van der Waals surface area contributed by atoms with E-state index in [0.29, 0.717) is 22.6 Å². The summed E-state index contributed by atoms with van der Waals surface area (Å²) in [5, 5.41) is 6.18. The molecule has 0 spiro atoms. The number of anilines is 2. The lowest BCUT2D eigenvalue weighted by molar-refractivity contribution is 0.102. The molecule has 1 heterocycles. The van der Waals surface area contributed by atoms with E-state index in [0.717, 1.165) is 31.5 Å². The second-order valence-corrected chi connectivity index (χ2v) is 9.68. The van der Waals surface area contributed by atoms with Crippen LogP contribution in [0.2, 0.25) is 0 Å². The Morgan fingerprint density at radius 3 is 2.45 bits per heavy atom. The van der Waals surface area contributed by atoms with Crippen LogP contribution in [0.5, 0.6) is 0 Å². The second kappa shape index (κ2) is 9.62. The molecule has 1 aliphatic rings. The van der Waals surface area contributed by atoms with Crippen molar-refractivity contribution in [3.63, 3.8) is 0 Å². The number of nitrogens with one attached hydrogen (secondary N) is 2. The maximum absolute atomic E-state index is 13.0. The van der Waals surface area contributed by atoms with Crippen LogP contribution >= 0.6 is 0 Å². The van der Waals surface area contributed by atoms with Gasteiger partial charge >= 0.3 is 0 Å². The Labute approximate surface area is 184 Å². The molecule has 8 heteroatoms. The fraction of sp³-hybridized carbons (Fsp3) is 0.391. The van der Waals surface area contributed by atoms with Gasteiger partial charge in [0.2, 0.25) is 0 Å². The van der Waals surface area contributed by atoms with Gasteiger partial charge in [0.15, 0.2) is 0 Å². The summed E-state index contributed by atoms with van der Waals surface area (Å²) in [5.74, 6) is -0.0615. The molecule has 0 radical (unpaired) electrons. The van der Waals surface area contributed by atoms with Gasteiger partial charge in [-0.1, -0.05) is 18.2 Å². The van der Waals surface area contributed by atoms with Crippen LogP contribution in [0, 0.1) is 12.8 Å². The molecule has 31 heavy (non-hydrogen) atoms. The predicted molar refractivity (Wildman–Crippen MR) is 126 cm³/mol. The number of nitrogens with zero attached hydrogens (tertiary/aromatic N) is 2. The highest BCUT2D eigenvalue weighted by atomic mass is 32.2. The monoisotopic (exact) mass is 442 g/mol. The van der Waals surface area contributed by atoms with Crippen LogP contribution in [0.25, 0.3) is 0 Å². The molecule has 0 bridgehead atoms. The first-order valence-electron chi connectivity index (χ1n) is 10.4. The third-order valence-corrected chi connectivity index (χ3v) is 6.96. The van der Waals surface area contributed by atoms with Crippen molar-refractivity contribution in [2.45, 2.75) is 31.6 Å². The Kier molecular flexibility index (Phi) is 7.12. The van der Waals surface area contributed by atoms with E-state index in [1.807, 2.05) is 25.1 Å². The van der Waals surface area contributed by atoms with Gasteiger partial charge in [0, 0.05) is 31.3 Å². The summed E-state index contributed by atoms with van der Waals surface area (Å²) in [6, 6.07) is 12.0. The number of amides is 1. The summed E-state index contributed by atoms with van der Waals surface area (Å²) in [7, 11) is -0.232. The lowest BCUT2D eigenvalue weighted by atomic mass is 9.94. The van der Waals surface area contributed by atoms with Crippen molar-refractivity contribution < 1.29 is 13.2 Å². The lowest BCUT2D eigenvalue weighted by Crippen LogP contribution is -2.31. The predicted octanol–water partition coefficient (Wildman–Crippen LogP) is 3.46. The molecule has 0 atom stereocenters. The summed E-state index contributed by atoms with van der Waals surface area (Å²) in [6.45, 7) is 5.41. The number of benzene rings is 2. The van der Waals surface area contributed by atoms with Gasteiger partial charge in [0.1, 0.15) is 0 Å². The third kappa shape index (κ3) is 5.51. The van der Waals surface area contributed by atoms with Crippen LogP contribution in [0.3, 0.4) is 0 Å². The van der Waals surface area contributed by atoms with Gasteiger partial charge in [-0.15, -0.1) is 0 Å². The van der Waals surface area contributed by atoms with Crippen molar-refractivity contribution in [2.75, 3.05) is 37.4 Å². The topological polar surface area (TPSA) is 90.9 Å². The van der Waals surface area contributed by atoms with Gasteiger partial charge in [0.05, 0.1) is 16.3 Å². The molecule has 2 N–H and O–H groups in total. The molecule has 1 saturated heterocycles. The largest absolute Gasteiger partial charge is 0.376 e. The molecule has 2 aromatic rings. The van der Waals surface area contributed by atoms with Crippen LogP contribution in [0.4, 0.5) is 11.4 Å². The van der Waals surface area contributed by atoms with E-state index < -0.39 is 10.0 Å². The highest BCUT2D eigenvalue weighted by Crippen LogP contribution is 2.30. The molecule has 1 amide bonds. The molecular weight excluding hydrogens is 412 g/mol. The smallest absolute Gasteiger partial charge is 0.282 e. The van der Waals surface area contributed by atoms with E-state index in [-0.39, 0.29) is 16.7 Å². The van der Waals surface area contributed by atoms with E-state index in [4.69, 9.17) is 0 Å². The average molecular weight is 443 g/mol. The number of piperidine rings is 1. The molecule has 1 aliphatic heterocycles. The van der Waals surface area contributed by atoms with E-state index in [1.54, 1.807) is 44.1 Å². The summed E-state index contributed by atoms with van der Waals surface area (Å²) in [4.78, 5) is 14.6. The molecule has 7 nitrogen and oxygen atoms in total. The van der Waals surface area contributed by atoms with E-state index in [1.165, 1.54) is 6.07 Å². The zero-order chi connectivity index (χ0) is 22.6. The number of aryl methyl sites for hydroxylation is 1. The first-order chi connectivity index (χ1) is 14.7. The quantitative estimate of drug-likeness (QED) is 0.669. The van der Waals surface area contributed by atoms with Gasteiger partial charge in [0.25, 0.3) is 15.9 Å². The van der Waals surface area contributed by atoms with Crippen molar-refractivity contribution in [2.24, 2.45) is 10.3 Å². The molecule has 0 aliphatic carbocycles. The van der Waals surface area contributed by atoms with Crippen LogP contribution in [0.1, 0.15) is 35.7 Å². The minimum atomic E-state index is -3.84. The van der Waals surface area contributed by atoms with Gasteiger partial charge in [-0.05, 0) is 69.6 Å². The Balaban J connectivity index is 1.89. The Bertz CT molecular complexity index is 1090. The zero-order valence-corrected chi connectivity index (χ0v) is 19.3. The van der Waals surface area contributed by atoms with Gasteiger partial charge < -0.3 is 15.5 Å². The number of sulfonamides is 1. The maximum atomic E-state index is 13.0. The molecule has 1 fully saturated rings. The molecule has 0 aromatic heterocycles. The minimum absolute atomic E-state index is 0.110. The zero-order valence-electron chi connectivity index (χ0n) is 18.5. The second-order valence-electron chi connectivity index (χ2n) is 8.07. The van der Waals surface area contributed by atoms with Gasteiger partial charge in [-0.2, -0.15) is 12.8 Å². The first-order valence-corrected chi connectivity index (χ1v) is 11.8. The molecular formula is C23H30N4O3S. The van der Waals surface area contributed by atoms with Crippen molar-refractivity contribution in [3.8, 4) is 0 Å². The lowest BCUT2D eigenvalue weighted by Gasteiger charge is -2.22. The molecule has 0 unspecified atom stereocenters. The van der Waals surface area contributed by atoms with Crippen LogP contribution < -0.4 is 15.5 Å².